The lowest BCUT2D eigenvalue weighted by Gasteiger charge is -2.54. The van der Waals surface area contributed by atoms with Crippen molar-refractivity contribution in [2.24, 2.45) is 40.4 Å². The number of fused-ring (bicyclic) bond motifs is 5. The van der Waals surface area contributed by atoms with Gasteiger partial charge >= 0.3 is 5.97 Å². The molecule has 0 radical (unpaired) electrons. The van der Waals surface area contributed by atoms with Crippen molar-refractivity contribution in [3.8, 4) is 0 Å². The van der Waals surface area contributed by atoms with E-state index in [0.717, 1.165) is 32.1 Å². The first-order valence-corrected chi connectivity index (χ1v) is 20.6. The maximum Gasteiger partial charge on any atom is 0.306 e. The average Bonchev–Trinajstić information content (AvgIpc) is 3.51. The van der Waals surface area contributed by atoms with Crippen LogP contribution in [-0.2, 0) is 23.7 Å². The van der Waals surface area contributed by atoms with E-state index >= 15 is 0 Å². The van der Waals surface area contributed by atoms with Gasteiger partial charge in [0.1, 0.15) is 48.8 Å². The quantitative estimate of drug-likeness (QED) is 0.123. The second kappa shape index (κ2) is 16.8. The van der Waals surface area contributed by atoms with Gasteiger partial charge in [-0.2, -0.15) is 0 Å². The molecule has 0 aromatic heterocycles. The molecule has 0 aromatic carbocycles. The van der Waals surface area contributed by atoms with Gasteiger partial charge < -0.3 is 70.0 Å². The highest BCUT2D eigenvalue weighted by molar-refractivity contribution is 5.70. The third-order valence-corrected chi connectivity index (χ3v) is 15.2. The summed E-state index contributed by atoms with van der Waals surface area (Å²) in [5.74, 6) is -1.78. The van der Waals surface area contributed by atoms with Gasteiger partial charge in [-0.25, -0.2) is 0 Å². The molecule has 15 nitrogen and oxygen atoms in total. The Hall–Kier alpha value is -1.57. The minimum Gasteiger partial charge on any atom is -0.481 e. The number of carboxylic acid groups (broad SMARTS) is 1. The van der Waals surface area contributed by atoms with Crippen LogP contribution in [-0.4, -0.2) is 149 Å². The van der Waals surface area contributed by atoms with Crippen LogP contribution in [0.5, 0.6) is 0 Å². The van der Waals surface area contributed by atoms with E-state index in [9.17, 15) is 55.9 Å². The minimum absolute atomic E-state index is 0.0906. The molecule has 6 aliphatic rings. The monoisotopic (exact) mass is 798 g/mol. The molecule has 0 spiro atoms. The van der Waals surface area contributed by atoms with Crippen LogP contribution < -0.4 is 0 Å². The van der Waals surface area contributed by atoms with Crippen LogP contribution in [0.3, 0.4) is 0 Å². The highest BCUT2D eigenvalue weighted by atomic mass is 16.7. The first kappa shape index (κ1) is 44.0. The molecular formula is C41H66O15. The number of carbonyl (C=O) groups is 1. The van der Waals surface area contributed by atoms with Crippen molar-refractivity contribution in [3.05, 3.63) is 23.3 Å². The zero-order valence-electron chi connectivity index (χ0n) is 33.3. The Balaban J connectivity index is 1.13. The van der Waals surface area contributed by atoms with E-state index < -0.39 is 98.2 Å². The lowest BCUT2D eigenvalue weighted by atomic mass is 9.51. The van der Waals surface area contributed by atoms with Gasteiger partial charge in [0.25, 0.3) is 0 Å². The molecular weight excluding hydrogens is 732 g/mol. The van der Waals surface area contributed by atoms with Crippen molar-refractivity contribution in [1.29, 1.82) is 0 Å². The SMILES string of the molecule is CC(C)[C@@](O)(CC[C@@H](C(=O)O)[C@H]1CC[C@H]2C3=CC[C@@H]4C[C@@H](O[C@@H]5O[C@H](CO)[C@@H](O)[C@H](O)[C@H]5O)CC[C@]4(C)C3=CC[C@]12C)[C@@H](C)O[C@@H]1O[C@H](CO)[C@@H](O)[C@H](O)[C@H]1O. The maximum absolute atomic E-state index is 13.1. The lowest BCUT2D eigenvalue weighted by molar-refractivity contribution is -0.324. The third-order valence-electron chi connectivity index (χ3n) is 15.2. The summed E-state index contributed by atoms with van der Waals surface area (Å²) in [5.41, 5.74) is 0.641. The number of aliphatic hydroxyl groups is 9. The Morgan fingerprint density at radius 2 is 1.48 bits per heavy atom. The summed E-state index contributed by atoms with van der Waals surface area (Å²) in [6.45, 7) is 8.59. The highest BCUT2D eigenvalue weighted by Crippen LogP contribution is 2.65. The molecule has 6 rings (SSSR count). The number of aliphatic hydroxyl groups excluding tert-OH is 8. The van der Waals surface area contributed by atoms with E-state index in [2.05, 4.69) is 26.0 Å². The molecule has 10 N–H and O–H groups in total. The van der Waals surface area contributed by atoms with Crippen molar-refractivity contribution in [2.45, 2.75) is 172 Å². The Bertz CT molecular complexity index is 1450. The Kier molecular flexibility index (Phi) is 13.2. The van der Waals surface area contributed by atoms with Crippen LogP contribution in [0.1, 0.15) is 92.4 Å². The normalized spacial score (nSPS) is 46.1. The predicted molar refractivity (Wildman–Crippen MR) is 198 cm³/mol. The number of allylic oxidation sites excluding steroid dienone is 4. The number of hydrogen-bond donors (Lipinski definition) is 10. The number of rotatable bonds is 13. The molecule has 0 bridgehead atoms. The van der Waals surface area contributed by atoms with Gasteiger partial charge in [-0.05, 0) is 110 Å². The Morgan fingerprint density at radius 3 is 2.07 bits per heavy atom. The van der Waals surface area contributed by atoms with E-state index in [0.29, 0.717) is 12.8 Å². The minimum atomic E-state index is -1.63. The maximum atomic E-state index is 13.1. The summed E-state index contributed by atoms with van der Waals surface area (Å²) >= 11 is 0. The highest BCUT2D eigenvalue weighted by Gasteiger charge is 2.58. The van der Waals surface area contributed by atoms with E-state index in [4.69, 9.17) is 18.9 Å². The van der Waals surface area contributed by atoms with Crippen LogP contribution in [0, 0.1) is 40.4 Å². The number of carboxylic acids is 1. The first-order valence-electron chi connectivity index (χ1n) is 20.6. The first-order chi connectivity index (χ1) is 26.3. The topological polar surface area (TPSA) is 256 Å². The molecule has 19 atom stereocenters. The van der Waals surface area contributed by atoms with Crippen LogP contribution >= 0.6 is 0 Å². The van der Waals surface area contributed by atoms with Crippen LogP contribution in [0.4, 0.5) is 0 Å². The summed E-state index contributed by atoms with van der Waals surface area (Å²) < 4.78 is 23.3. The van der Waals surface area contributed by atoms with Gasteiger partial charge in [0, 0.05) is 0 Å². The smallest absolute Gasteiger partial charge is 0.306 e. The average molecular weight is 799 g/mol. The molecule has 2 saturated carbocycles. The van der Waals surface area contributed by atoms with Crippen LogP contribution in [0.2, 0.25) is 0 Å². The summed E-state index contributed by atoms with van der Waals surface area (Å²) in [4.78, 5) is 13.1. The van der Waals surface area contributed by atoms with Crippen LogP contribution in [0.15, 0.2) is 23.3 Å². The standard InChI is InChI=1S/C41H66O15/c1-19(2)41(52,20(3)53-37-34(48)32(46)30(44)28(17-42)55-37)15-11-24(36(50)51)26-9-8-25-23-7-6-21-16-22(10-13-39(21,4)27(23)12-14-40(25,26)5)54-38-35(49)33(47)31(45)29(18-43)56-38/h7,12,19-22,24-26,28-35,37-38,42-49,52H,6,8-11,13-18H2,1-5H3,(H,50,51)/t20-,21-,22+,24-,25+,26-,28-,29-,30-,31-,32+,33+,34-,35-,37-,38-,39+,40+,41+/m1/s1. The van der Waals surface area contributed by atoms with Crippen molar-refractivity contribution in [3.63, 3.8) is 0 Å². The van der Waals surface area contributed by atoms with Crippen molar-refractivity contribution < 1.29 is 74.8 Å². The van der Waals surface area contributed by atoms with Gasteiger partial charge in [0.2, 0.25) is 0 Å². The van der Waals surface area contributed by atoms with E-state index in [1.54, 1.807) is 6.92 Å². The van der Waals surface area contributed by atoms with E-state index in [1.807, 2.05) is 13.8 Å². The fourth-order valence-electron chi connectivity index (χ4n) is 11.3. The predicted octanol–water partition coefficient (Wildman–Crippen LogP) is 0.744. The van der Waals surface area contributed by atoms with Gasteiger partial charge in [-0.1, -0.05) is 39.8 Å². The fraction of sp³-hybridized carbons (Fsp3) is 0.878. The number of ether oxygens (including phenoxy) is 4. The molecule has 15 heteroatoms. The molecule has 4 aliphatic carbocycles. The lowest BCUT2D eigenvalue weighted by Crippen LogP contribution is -2.61. The summed E-state index contributed by atoms with van der Waals surface area (Å²) in [5, 5.41) is 104. The summed E-state index contributed by atoms with van der Waals surface area (Å²) in [6.07, 6.45) is -5.00. The molecule has 2 heterocycles. The van der Waals surface area contributed by atoms with Crippen molar-refractivity contribution >= 4 is 5.97 Å². The van der Waals surface area contributed by atoms with E-state index in [1.165, 1.54) is 11.1 Å². The third kappa shape index (κ3) is 7.67. The number of aliphatic carboxylic acids is 1. The zero-order valence-corrected chi connectivity index (χ0v) is 33.3. The molecule has 2 saturated heterocycles. The fourth-order valence-corrected chi connectivity index (χ4v) is 11.3. The second-order valence-electron chi connectivity index (χ2n) is 18.4. The zero-order chi connectivity index (χ0) is 41.1. The molecule has 0 aromatic rings. The summed E-state index contributed by atoms with van der Waals surface area (Å²) in [6, 6.07) is 0. The molecule has 0 unspecified atom stereocenters. The van der Waals surface area contributed by atoms with E-state index in [-0.39, 0.29) is 53.4 Å². The molecule has 320 valence electrons. The van der Waals surface area contributed by atoms with Crippen molar-refractivity contribution in [1.82, 2.24) is 0 Å². The Morgan fingerprint density at radius 1 is 0.875 bits per heavy atom. The Labute approximate surface area is 328 Å². The van der Waals surface area contributed by atoms with Gasteiger partial charge in [-0.3, -0.25) is 4.79 Å². The molecule has 2 aliphatic heterocycles. The molecule has 56 heavy (non-hydrogen) atoms. The van der Waals surface area contributed by atoms with Crippen molar-refractivity contribution in [2.75, 3.05) is 13.2 Å². The second-order valence-corrected chi connectivity index (χ2v) is 18.4. The van der Waals surface area contributed by atoms with Gasteiger partial charge in [0.15, 0.2) is 12.6 Å². The van der Waals surface area contributed by atoms with Crippen LogP contribution in [0.25, 0.3) is 0 Å². The van der Waals surface area contributed by atoms with Gasteiger partial charge in [0.05, 0.1) is 36.9 Å². The molecule has 4 fully saturated rings. The number of hydrogen-bond acceptors (Lipinski definition) is 14. The van der Waals surface area contributed by atoms with Gasteiger partial charge in [-0.15, -0.1) is 0 Å². The largest absolute Gasteiger partial charge is 0.481 e. The summed E-state index contributed by atoms with van der Waals surface area (Å²) in [7, 11) is 0. The molecule has 0 amide bonds.